The molecule has 0 aliphatic rings. The van der Waals surface area contributed by atoms with Crippen molar-refractivity contribution in [2.75, 3.05) is 26.4 Å². The maximum atomic E-state index is 13.4. The van der Waals surface area contributed by atoms with Gasteiger partial charge in [-0.3, -0.25) is 4.79 Å². The summed E-state index contributed by atoms with van der Waals surface area (Å²) < 4.78 is 29.6. The van der Waals surface area contributed by atoms with Gasteiger partial charge in [-0.2, -0.15) is 0 Å². The molecule has 0 spiro atoms. The van der Waals surface area contributed by atoms with Crippen molar-refractivity contribution in [1.29, 1.82) is 0 Å². The number of rotatable bonds is 8. The molecule has 0 bridgehead atoms. The number of ether oxygens (including phenoxy) is 3. The molecule has 27 heavy (non-hydrogen) atoms. The minimum absolute atomic E-state index is 0.0361. The standard InChI is InChI=1S/C21H22FNO4/c1-3-25-19-12-11-16(15-20(19)26-4-2)21(24)23-13-7-8-14-27-18-10-6-5-9-17(18)22/h5-6,9-12,15H,3-4,13-14H2,1-2H3,(H,23,24). The molecule has 1 amide bonds. The molecule has 2 aromatic carbocycles. The van der Waals surface area contributed by atoms with Crippen LogP contribution in [-0.2, 0) is 0 Å². The van der Waals surface area contributed by atoms with E-state index in [-0.39, 0.29) is 24.8 Å². The van der Waals surface area contributed by atoms with E-state index in [9.17, 15) is 9.18 Å². The van der Waals surface area contributed by atoms with E-state index in [2.05, 4.69) is 17.2 Å². The summed E-state index contributed by atoms with van der Waals surface area (Å²) >= 11 is 0. The third-order valence-corrected chi connectivity index (χ3v) is 3.40. The van der Waals surface area contributed by atoms with Crippen molar-refractivity contribution < 1.29 is 23.4 Å². The molecule has 0 unspecified atom stereocenters. The molecule has 0 radical (unpaired) electrons. The quantitative estimate of drug-likeness (QED) is 0.723. The van der Waals surface area contributed by atoms with Crippen molar-refractivity contribution >= 4 is 5.91 Å². The molecule has 0 aliphatic heterocycles. The van der Waals surface area contributed by atoms with Gasteiger partial charge in [0.05, 0.1) is 19.8 Å². The van der Waals surface area contributed by atoms with Crippen molar-refractivity contribution in [2.45, 2.75) is 13.8 Å². The second kappa shape index (κ2) is 10.7. The summed E-state index contributed by atoms with van der Waals surface area (Å²) in [7, 11) is 0. The normalized spacial score (nSPS) is 9.74. The van der Waals surface area contributed by atoms with Crippen LogP contribution in [0.2, 0.25) is 0 Å². The second-order valence-corrected chi connectivity index (χ2v) is 5.28. The lowest BCUT2D eigenvalue weighted by Gasteiger charge is -2.12. The zero-order valence-corrected chi connectivity index (χ0v) is 15.4. The average molecular weight is 371 g/mol. The molecule has 0 fully saturated rings. The number of hydrogen-bond donors (Lipinski definition) is 1. The Labute approximate surface area is 158 Å². The van der Waals surface area contributed by atoms with E-state index >= 15 is 0 Å². The number of nitrogens with one attached hydrogen (secondary N) is 1. The Morgan fingerprint density at radius 2 is 1.70 bits per heavy atom. The van der Waals surface area contributed by atoms with E-state index in [1.54, 1.807) is 30.3 Å². The Balaban J connectivity index is 1.85. The van der Waals surface area contributed by atoms with Gasteiger partial charge in [0.2, 0.25) is 0 Å². The van der Waals surface area contributed by atoms with Crippen molar-refractivity contribution in [3.8, 4) is 29.1 Å². The number of halogens is 1. The molecular weight excluding hydrogens is 349 g/mol. The van der Waals surface area contributed by atoms with E-state index in [1.165, 1.54) is 12.1 Å². The summed E-state index contributed by atoms with van der Waals surface area (Å²) in [5.74, 6) is 6.05. The zero-order chi connectivity index (χ0) is 19.5. The molecule has 0 heterocycles. The van der Waals surface area contributed by atoms with Crippen molar-refractivity contribution in [3.05, 3.63) is 53.8 Å². The van der Waals surface area contributed by atoms with E-state index in [1.807, 2.05) is 13.8 Å². The average Bonchev–Trinajstić information content (AvgIpc) is 2.67. The monoisotopic (exact) mass is 371 g/mol. The van der Waals surface area contributed by atoms with Gasteiger partial charge in [0.25, 0.3) is 5.91 Å². The van der Waals surface area contributed by atoms with Gasteiger partial charge >= 0.3 is 0 Å². The Bertz CT molecular complexity index is 826. The van der Waals surface area contributed by atoms with Crippen LogP contribution in [0.5, 0.6) is 17.2 Å². The summed E-state index contributed by atoms with van der Waals surface area (Å²) in [6.45, 7) is 4.91. The number of carbonyl (C=O) groups is 1. The number of amides is 1. The van der Waals surface area contributed by atoms with Crippen LogP contribution in [0, 0.1) is 17.7 Å². The van der Waals surface area contributed by atoms with Crippen LogP contribution in [-0.4, -0.2) is 32.3 Å². The number of para-hydroxylation sites is 1. The maximum absolute atomic E-state index is 13.4. The van der Waals surface area contributed by atoms with Crippen molar-refractivity contribution in [3.63, 3.8) is 0 Å². The highest BCUT2D eigenvalue weighted by atomic mass is 19.1. The summed E-state index contributed by atoms with van der Waals surface area (Å²) in [5, 5.41) is 2.69. The van der Waals surface area contributed by atoms with Crippen LogP contribution in [0.1, 0.15) is 24.2 Å². The molecular formula is C21H22FNO4. The Hall–Kier alpha value is -3.20. The van der Waals surface area contributed by atoms with Gasteiger partial charge in [0.15, 0.2) is 23.1 Å². The molecule has 0 atom stereocenters. The van der Waals surface area contributed by atoms with Crippen molar-refractivity contribution in [1.82, 2.24) is 5.32 Å². The predicted molar refractivity (Wildman–Crippen MR) is 101 cm³/mol. The van der Waals surface area contributed by atoms with Crippen LogP contribution >= 0.6 is 0 Å². The third-order valence-electron chi connectivity index (χ3n) is 3.40. The minimum atomic E-state index is -0.437. The Morgan fingerprint density at radius 1 is 0.963 bits per heavy atom. The molecule has 0 saturated heterocycles. The lowest BCUT2D eigenvalue weighted by atomic mass is 10.2. The number of benzene rings is 2. The molecule has 0 aromatic heterocycles. The highest BCUT2D eigenvalue weighted by Gasteiger charge is 2.10. The fourth-order valence-electron chi connectivity index (χ4n) is 2.21. The minimum Gasteiger partial charge on any atom is -0.490 e. The molecule has 2 aromatic rings. The first-order valence-electron chi connectivity index (χ1n) is 8.66. The number of carbonyl (C=O) groups excluding carboxylic acids is 1. The first kappa shape index (κ1) is 20.1. The Morgan fingerprint density at radius 3 is 2.44 bits per heavy atom. The molecule has 142 valence electrons. The van der Waals surface area contributed by atoms with Crippen LogP contribution in [0.15, 0.2) is 42.5 Å². The lowest BCUT2D eigenvalue weighted by molar-refractivity contribution is 0.0958. The molecule has 2 rings (SSSR count). The van der Waals surface area contributed by atoms with Crippen molar-refractivity contribution in [2.24, 2.45) is 0 Å². The highest BCUT2D eigenvalue weighted by Crippen LogP contribution is 2.28. The van der Waals surface area contributed by atoms with E-state index in [4.69, 9.17) is 14.2 Å². The van der Waals surface area contributed by atoms with Crippen LogP contribution in [0.25, 0.3) is 0 Å². The fourth-order valence-corrected chi connectivity index (χ4v) is 2.21. The first-order chi connectivity index (χ1) is 13.2. The van der Waals surface area contributed by atoms with Gasteiger partial charge in [-0.25, -0.2) is 4.39 Å². The SMILES string of the molecule is CCOc1ccc(C(=O)NCC#CCOc2ccccc2F)cc1OCC. The van der Waals surface area contributed by atoms with E-state index in [0.29, 0.717) is 30.3 Å². The zero-order valence-electron chi connectivity index (χ0n) is 15.4. The largest absolute Gasteiger partial charge is 0.490 e. The van der Waals surface area contributed by atoms with E-state index in [0.717, 1.165) is 0 Å². The van der Waals surface area contributed by atoms with Gasteiger partial charge in [-0.1, -0.05) is 24.0 Å². The Kier molecular flexibility index (Phi) is 7.98. The fraction of sp³-hybridized carbons (Fsp3) is 0.286. The second-order valence-electron chi connectivity index (χ2n) is 5.28. The molecule has 5 nitrogen and oxygen atoms in total. The molecule has 6 heteroatoms. The van der Waals surface area contributed by atoms with Crippen LogP contribution in [0.3, 0.4) is 0 Å². The lowest BCUT2D eigenvalue weighted by Crippen LogP contribution is -2.23. The van der Waals surface area contributed by atoms with Gasteiger partial charge in [0, 0.05) is 5.56 Å². The predicted octanol–water partition coefficient (Wildman–Crippen LogP) is 3.44. The topological polar surface area (TPSA) is 56.8 Å². The van der Waals surface area contributed by atoms with Gasteiger partial charge in [0.1, 0.15) is 6.61 Å². The summed E-state index contributed by atoms with van der Waals surface area (Å²) in [4.78, 5) is 12.2. The van der Waals surface area contributed by atoms with Gasteiger partial charge in [-0.15, -0.1) is 0 Å². The van der Waals surface area contributed by atoms with Gasteiger partial charge < -0.3 is 19.5 Å². The summed E-state index contributed by atoms with van der Waals surface area (Å²) in [6.07, 6.45) is 0. The number of hydrogen-bond acceptors (Lipinski definition) is 4. The molecule has 1 N–H and O–H groups in total. The van der Waals surface area contributed by atoms with Crippen LogP contribution < -0.4 is 19.5 Å². The summed E-state index contributed by atoms with van der Waals surface area (Å²) in [6, 6.07) is 11.1. The smallest absolute Gasteiger partial charge is 0.252 e. The first-order valence-corrected chi connectivity index (χ1v) is 8.66. The molecule has 0 aliphatic carbocycles. The highest BCUT2D eigenvalue weighted by molar-refractivity contribution is 5.95. The van der Waals surface area contributed by atoms with Gasteiger partial charge in [-0.05, 0) is 44.2 Å². The van der Waals surface area contributed by atoms with E-state index < -0.39 is 5.82 Å². The third kappa shape index (κ3) is 6.23. The molecule has 0 saturated carbocycles. The van der Waals surface area contributed by atoms with Crippen LogP contribution in [0.4, 0.5) is 4.39 Å². The maximum Gasteiger partial charge on any atom is 0.252 e. The summed E-state index contributed by atoms with van der Waals surface area (Å²) in [5.41, 5.74) is 0.450.